The summed E-state index contributed by atoms with van der Waals surface area (Å²) in [5.41, 5.74) is -1.21. The lowest BCUT2D eigenvalue weighted by atomic mass is 10.1. The van der Waals surface area contributed by atoms with E-state index < -0.39 is 51.5 Å². The van der Waals surface area contributed by atoms with Crippen LogP contribution in [0.15, 0.2) is 95.9 Å². The number of sulfonamides is 1. The fourth-order valence-electron chi connectivity index (χ4n) is 4.27. The van der Waals surface area contributed by atoms with Gasteiger partial charge in [-0.05, 0) is 67.1 Å². The van der Waals surface area contributed by atoms with Crippen molar-refractivity contribution in [1.82, 2.24) is 4.90 Å². The summed E-state index contributed by atoms with van der Waals surface area (Å²) in [6.07, 6.45) is -4.30. The van der Waals surface area contributed by atoms with Crippen LogP contribution < -0.4 is 9.04 Å². The molecule has 0 aliphatic rings. The van der Waals surface area contributed by atoms with Gasteiger partial charge in [-0.2, -0.15) is 13.2 Å². The topological polar surface area (TPSA) is 66.9 Å². The normalized spacial score (nSPS) is 11.7. The first kappa shape index (κ1) is 32.7. The third-order valence-corrected chi connectivity index (χ3v) is 8.57. The second-order valence-electron chi connectivity index (χ2n) is 9.68. The SMILES string of the molecule is CN(CCCOc1ccccc1CN(c1cc(F)ccc1F)S(=O)(=O)c1ccc(Cl)cc1)C(=O)c1cccc(C(F)(F)F)c1. The van der Waals surface area contributed by atoms with Crippen LogP contribution in [0, 0.1) is 11.6 Å². The Morgan fingerprint density at radius 1 is 0.909 bits per heavy atom. The van der Waals surface area contributed by atoms with Gasteiger partial charge in [0.05, 0.1) is 29.3 Å². The quantitative estimate of drug-likeness (QED) is 0.124. The number of hydrogen-bond acceptors (Lipinski definition) is 4. The predicted molar refractivity (Wildman–Crippen MR) is 156 cm³/mol. The lowest BCUT2D eigenvalue weighted by Gasteiger charge is -2.26. The second-order valence-corrected chi connectivity index (χ2v) is 12.0. The molecule has 0 aliphatic heterocycles. The first-order chi connectivity index (χ1) is 20.8. The molecule has 0 heterocycles. The number of halogens is 6. The molecule has 0 saturated heterocycles. The summed E-state index contributed by atoms with van der Waals surface area (Å²) < 4.78 is 102. The van der Waals surface area contributed by atoms with Crippen molar-refractivity contribution in [3.05, 3.63) is 124 Å². The van der Waals surface area contributed by atoms with Crippen LogP contribution in [-0.4, -0.2) is 39.4 Å². The van der Waals surface area contributed by atoms with Crippen LogP contribution in [0.25, 0.3) is 0 Å². The Hall–Kier alpha value is -4.16. The minimum Gasteiger partial charge on any atom is -0.493 e. The lowest BCUT2D eigenvalue weighted by Crippen LogP contribution is -2.31. The van der Waals surface area contributed by atoms with Crippen molar-refractivity contribution in [3.63, 3.8) is 0 Å². The van der Waals surface area contributed by atoms with E-state index in [1.54, 1.807) is 24.3 Å². The molecule has 0 radical (unpaired) electrons. The van der Waals surface area contributed by atoms with Gasteiger partial charge in [-0.1, -0.05) is 35.9 Å². The lowest BCUT2D eigenvalue weighted by molar-refractivity contribution is -0.137. The molecule has 4 rings (SSSR count). The molecule has 0 unspecified atom stereocenters. The smallest absolute Gasteiger partial charge is 0.416 e. The number of ether oxygens (including phenoxy) is 1. The second kappa shape index (κ2) is 13.6. The number of para-hydroxylation sites is 1. The molecule has 0 fully saturated rings. The van der Waals surface area contributed by atoms with E-state index in [1.165, 1.54) is 42.3 Å². The molecule has 44 heavy (non-hydrogen) atoms. The van der Waals surface area contributed by atoms with Gasteiger partial charge in [0.1, 0.15) is 17.4 Å². The highest BCUT2D eigenvalue weighted by Gasteiger charge is 2.31. The largest absolute Gasteiger partial charge is 0.493 e. The molecule has 13 heteroatoms. The average Bonchev–Trinajstić information content (AvgIpc) is 2.99. The molecular formula is C31H26ClF5N2O4S. The maximum atomic E-state index is 14.9. The molecule has 0 N–H and O–H groups in total. The van der Waals surface area contributed by atoms with Crippen LogP contribution >= 0.6 is 11.6 Å². The maximum Gasteiger partial charge on any atom is 0.416 e. The Morgan fingerprint density at radius 2 is 1.61 bits per heavy atom. The highest BCUT2D eigenvalue weighted by atomic mass is 35.5. The molecule has 4 aromatic rings. The number of anilines is 1. The van der Waals surface area contributed by atoms with Gasteiger partial charge < -0.3 is 9.64 Å². The van der Waals surface area contributed by atoms with E-state index in [1.807, 2.05) is 0 Å². The molecular weight excluding hydrogens is 627 g/mol. The summed E-state index contributed by atoms with van der Waals surface area (Å²) in [7, 11) is -2.96. The fourth-order valence-corrected chi connectivity index (χ4v) is 5.84. The molecule has 0 aliphatic carbocycles. The number of carbonyl (C=O) groups is 1. The van der Waals surface area contributed by atoms with E-state index in [9.17, 15) is 35.2 Å². The Morgan fingerprint density at radius 3 is 2.32 bits per heavy atom. The predicted octanol–water partition coefficient (Wildman–Crippen LogP) is 7.57. The third-order valence-electron chi connectivity index (χ3n) is 6.54. The summed E-state index contributed by atoms with van der Waals surface area (Å²) in [4.78, 5) is 13.7. The minimum absolute atomic E-state index is 0.0511. The van der Waals surface area contributed by atoms with Crippen molar-refractivity contribution in [3.8, 4) is 5.75 Å². The number of amides is 1. The van der Waals surface area contributed by atoms with Crippen LogP contribution in [0.2, 0.25) is 5.02 Å². The molecule has 0 bridgehead atoms. The summed E-state index contributed by atoms with van der Waals surface area (Å²) in [6.45, 7) is -0.228. The van der Waals surface area contributed by atoms with Crippen LogP contribution in [-0.2, 0) is 22.7 Å². The van der Waals surface area contributed by atoms with Gasteiger partial charge in [0.25, 0.3) is 15.9 Å². The Balaban J connectivity index is 1.50. The Bertz CT molecular complexity index is 1730. The number of rotatable bonds is 11. The average molecular weight is 653 g/mol. The maximum absolute atomic E-state index is 14.9. The number of nitrogens with zero attached hydrogens (tertiary/aromatic N) is 2. The van der Waals surface area contributed by atoms with E-state index >= 15 is 0 Å². The van der Waals surface area contributed by atoms with Gasteiger partial charge >= 0.3 is 6.18 Å². The Kier molecular flexibility index (Phi) is 10.2. The highest BCUT2D eigenvalue weighted by molar-refractivity contribution is 7.92. The van der Waals surface area contributed by atoms with Crippen molar-refractivity contribution >= 4 is 33.2 Å². The molecule has 0 spiro atoms. The van der Waals surface area contributed by atoms with E-state index in [0.717, 1.165) is 40.7 Å². The van der Waals surface area contributed by atoms with Gasteiger partial charge in [-0.25, -0.2) is 17.2 Å². The first-order valence-corrected chi connectivity index (χ1v) is 15.0. The summed E-state index contributed by atoms with van der Waals surface area (Å²) in [6, 6.07) is 18.2. The van der Waals surface area contributed by atoms with E-state index in [4.69, 9.17) is 16.3 Å². The zero-order valence-electron chi connectivity index (χ0n) is 23.2. The van der Waals surface area contributed by atoms with Gasteiger partial charge in [0.15, 0.2) is 0 Å². The van der Waals surface area contributed by atoms with Crippen molar-refractivity contribution in [2.75, 3.05) is 24.5 Å². The van der Waals surface area contributed by atoms with Crippen molar-refractivity contribution in [1.29, 1.82) is 0 Å². The molecule has 0 atom stereocenters. The number of alkyl halides is 3. The monoisotopic (exact) mass is 652 g/mol. The van der Waals surface area contributed by atoms with E-state index in [2.05, 4.69) is 0 Å². The van der Waals surface area contributed by atoms with Crippen LogP contribution in [0.3, 0.4) is 0 Å². The molecule has 0 saturated carbocycles. The number of hydrogen-bond donors (Lipinski definition) is 0. The van der Waals surface area contributed by atoms with Crippen molar-refractivity contribution < 1.29 is 39.9 Å². The summed E-state index contributed by atoms with van der Waals surface area (Å²) in [5, 5.41) is 0.286. The molecule has 4 aromatic carbocycles. The van der Waals surface area contributed by atoms with Gasteiger partial charge in [-0.3, -0.25) is 9.10 Å². The molecule has 232 valence electrons. The number of benzene rings is 4. The van der Waals surface area contributed by atoms with Gasteiger partial charge in [0.2, 0.25) is 0 Å². The van der Waals surface area contributed by atoms with Crippen molar-refractivity contribution in [2.45, 2.75) is 24.0 Å². The fraction of sp³-hybridized carbons (Fsp3) is 0.194. The summed E-state index contributed by atoms with van der Waals surface area (Å²) >= 11 is 5.91. The minimum atomic E-state index is -4.58. The molecule has 6 nitrogen and oxygen atoms in total. The number of carbonyl (C=O) groups excluding carboxylic acids is 1. The van der Waals surface area contributed by atoms with Crippen LogP contribution in [0.1, 0.15) is 27.9 Å². The van der Waals surface area contributed by atoms with Crippen LogP contribution in [0.5, 0.6) is 5.75 Å². The zero-order valence-corrected chi connectivity index (χ0v) is 24.8. The third kappa shape index (κ3) is 7.86. The van der Waals surface area contributed by atoms with Gasteiger partial charge in [-0.15, -0.1) is 0 Å². The van der Waals surface area contributed by atoms with E-state index in [0.29, 0.717) is 5.56 Å². The highest BCUT2D eigenvalue weighted by Crippen LogP contribution is 2.32. The Labute approximate surface area is 256 Å². The van der Waals surface area contributed by atoms with Gasteiger partial charge in [0, 0.05) is 35.8 Å². The standard InChI is InChI=1S/C31H26ClF5N2O4S/c1-38(30(40)21-7-4-8-23(18-21)31(35,36)37)16-5-17-43-29-9-3-2-6-22(29)20-39(28-19-25(33)12-15-27(28)34)44(41,42)26-13-10-24(32)11-14-26/h2-4,6-15,18-19H,5,16-17,20H2,1H3. The summed E-state index contributed by atoms with van der Waals surface area (Å²) in [5.74, 6) is -2.15. The van der Waals surface area contributed by atoms with E-state index in [-0.39, 0.29) is 40.8 Å². The molecule has 1 amide bonds. The first-order valence-electron chi connectivity index (χ1n) is 13.1. The van der Waals surface area contributed by atoms with Crippen molar-refractivity contribution in [2.24, 2.45) is 0 Å². The molecule has 0 aromatic heterocycles. The zero-order chi connectivity index (χ0) is 32.1. The van der Waals surface area contributed by atoms with Crippen LogP contribution in [0.4, 0.5) is 27.6 Å².